The second-order valence-corrected chi connectivity index (χ2v) is 2.49. The highest BCUT2D eigenvalue weighted by molar-refractivity contribution is 4.90. The minimum absolute atomic E-state index is 0.936. The van der Waals surface area contributed by atoms with E-state index < -0.39 is 0 Å². The van der Waals surface area contributed by atoms with Crippen molar-refractivity contribution in [2.24, 2.45) is 0 Å². The fourth-order valence-corrected chi connectivity index (χ4v) is 0.655. The van der Waals surface area contributed by atoms with Crippen molar-refractivity contribution in [2.75, 3.05) is 26.2 Å². The summed E-state index contributed by atoms with van der Waals surface area (Å²) in [7, 11) is 0. The summed E-state index contributed by atoms with van der Waals surface area (Å²) in [5, 5.41) is 6.49. The van der Waals surface area contributed by atoms with Crippen LogP contribution in [0.15, 0.2) is 12.2 Å². The maximum absolute atomic E-state index is 3.79. The number of rotatable bonds is 6. The van der Waals surface area contributed by atoms with Crippen molar-refractivity contribution >= 4 is 0 Å². The van der Waals surface area contributed by atoms with Crippen LogP contribution < -0.4 is 10.6 Å². The van der Waals surface area contributed by atoms with E-state index in [1.54, 1.807) is 0 Å². The van der Waals surface area contributed by atoms with Crippen molar-refractivity contribution in [1.29, 1.82) is 0 Å². The van der Waals surface area contributed by atoms with Crippen LogP contribution in [-0.2, 0) is 0 Å². The second kappa shape index (κ2) is 6.78. The van der Waals surface area contributed by atoms with Crippen LogP contribution in [0.5, 0.6) is 0 Å². The van der Waals surface area contributed by atoms with Gasteiger partial charge in [0.2, 0.25) is 0 Å². The molecule has 0 aliphatic heterocycles. The third-order valence-electron chi connectivity index (χ3n) is 1.16. The van der Waals surface area contributed by atoms with Gasteiger partial charge >= 0.3 is 0 Å². The van der Waals surface area contributed by atoms with E-state index >= 15 is 0 Å². The molecule has 0 rings (SSSR count). The highest BCUT2D eigenvalue weighted by Gasteiger charge is 1.84. The average molecular weight is 142 g/mol. The number of likely N-dealkylation sites (N-methyl/N-ethyl adjacent to an activating group) is 1. The third kappa shape index (κ3) is 7.66. The lowest BCUT2D eigenvalue weighted by atomic mass is 10.3. The smallest absolute Gasteiger partial charge is 0.0159 e. The van der Waals surface area contributed by atoms with Crippen molar-refractivity contribution in [3.05, 3.63) is 12.2 Å². The fourth-order valence-electron chi connectivity index (χ4n) is 0.655. The molecule has 0 aliphatic carbocycles. The highest BCUT2D eigenvalue weighted by atomic mass is 14.9. The maximum atomic E-state index is 3.79. The van der Waals surface area contributed by atoms with Crippen molar-refractivity contribution in [3.8, 4) is 0 Å². The Labute approximate surface area is 63.7 Å². The molecule has 2 nitrogen and oxygen atoms in total. The van der Waals surface area contributed by atoms with Crippen molar-refractivity contribution in [2.45, 2.75) is 13.8 Å². The molecule has 0 aliphatic rings. The van der Waals surface area contributed by atoms with Crippen LogP contribution in [-0.4, -0.2) is 26.2 Å². The van der Waals surface area contributed by atoms with E-state index in [1.165, 1.54) is 5.57 Å². The van der Waals surface area contributed by atoms with Crippen molar-refractivity contribution in [3.63, 3.8) is 0 Å². The Kier molecular flexibility index (Phi) is 6.55. The molecule has 0 unspecified atom stereocenters. The Balaban J connectivity index is 2.84. The summed E-state index contributed by atoms with van der Waals surface area (Å²) in [5.74, 6) is 0. The molecule has 0 radical (unpaired) electrons. The van der Waals surface area contributed by atoms with E-state index in [2.05, 4.69) is 24.1 Å². The minimum Gasteiger partial charge on any atom is -0.316 e. The molecule has 0 amide bonds. The second-order valence-electron chi connectivity index (χ2n) is 2.49. The molecule has 2 N–H and O–H groups in total. The Morgan fingerprint density at radius 2 is 1.90 bits per heavy atom. The van der Waals surface area contributed by atoms with Crippen molar-refractivity contribution in [1.82, 2.24) is 10.6 Å². The number of hydrogen-bond donors (Lipinski definition) is 2. The van der Waals surface area contributed by atoms with E-state index in [1.807, 2.05) is 6.92 Å². The number of hydrogen-bond acceptors (Lipinski definition) is 2. The van der Waals surface area contributed by atoms with Gasteiger partial charge in [0.15, 0.2) is 0 Å². The summed E-state index contributed by atoms with van der Waals surface area (Å²) in [4.78, 5) is 0. The molecule has 0 aromatic carbocycles. The molecule has 0 aromatic heterocycles. The van der Waals surface area contributed by atoms with E-state index in [0.717, 1.165) is 26.2 Å². The van der Waals surface area contributed by atoms with Crippen LogP contribution in [0, 0.1) is 0 Å². The Morgan fingerprint density at radius 1 is 1.30 bits per heavy atom. The molecule has 0 saturated carbocycles. The molecule has 0 bridgehead atoms. The van der Waals surface area contributed by atoms with Gasteiger partial charge in [-0.3, -0.25) is 0 Å². The Morgan fingerprint density at radius 3 is 2.40 bits per heavy atom. The predicted molar refractivity (Wildman–Crippen MR) is 46.2 cm³/mol. The van der Waals surface area contributed by atoms with Crippen molar-refractivity contribution < 1.29 is 0 Å². The zero-order chi connectivity index (χ0) is 7.82. The first-order valence-corrected chi connectivity index (χ1v) is 3.83. The standard InChI is InChI=1S/C8H18N2/c1-4-9-5-6-10-7-8(2)3/h9-10H,2,4-7H2,1,3H3. The SMILES string of the molecule is C=C(C)CNCCNCC. The summed E-state index contributed by atoms with van der Waals surface area (Å²) < 4.78 is 0. The summed E-state index contributed by atoms with van der Waals surface area (Å²) in [6.45, 7) is 12.0. The van der Waals surface area contributed by atoms with Crippen LogP contribution >= 0.6 is 0 Å². The average Bonchev–Trinajstić information content (AvgIpc) is 1.87. The van der Waals surface area contributed by atoms with E-state index in [-0.39, 0.29) is 0 Å². The third-order valence-corrected chi connectivity index (χ3v) is 1.16. The van der Waals surface area contributed by atoms with Crippen LogP contribution in [0.25, 0.3) is 0 Å². The van der Waals surface area contributed by atoms with Gasteiger partial charge < -0.3 is 10.6 Å². The lowest BCUT2D eigenvalue weighted by Gasteiger charge is -2.03. The summed E-state index contributed by atoms with van der Waals surface area (Å²) in [6, 6.07) is 0. The zero-order valence-electron chi connectivity index (χ0n) is 7.04. The molecule has 0 aromatic rings. The van der Waals surface area contributed by atoms with Gasteiger partial charge in [-0.1, -0.05) is 19.1 Å². The van der Waals surface area contributed by atoms with Crippen LogP contribution in [0.3, 0.4) is 0 Å². The van der Waals surface area contributed by atoms with Crippen LogP contribution in [0.1, 0.15) is 13.8 Å². The lowest BCUT2D eigenvalue weighted by molar-refractivity contribution is 0.647. The van der Waals surface area contributed by atoms with Gasteiger partial charge in [-0.05, 0) is 13.5 Å². The minimum atomic E-state index is 0.936. The quantitative estimate of drug-likeness (QED) is 0.422. The molecular weight excluding hydrogens is 124 g/mol. The summed E-state index contributed by atoms with van der Waals surface area (Å²) >= 11 is 0. The van der Waals surface area contributed by atoms with Gasteiger partial charge in [-0.15, -0.1) is 0 Å². The summed E-state index contributed by atoms with van der Waals surface area (Å²) in [5.41, 5.74) is 1.19. The van der Waals surface area contributed by atoms with E-state index in [4.69, 9.17) is 0 Å². The first-order valence-electron chi connectivity index (χ1n) is 3.83. The zero-order valence-corrected chi connectivity index (χ0v) is 7.04. The van der Waals surface area contributed by atoms with E-state index in [9.17, 15) is 0 Å². The molecule has 0 saturated heterocycles. The topological polar surface area (TPSA) is 24.1 Å². The largest absolute Gasteiger partial charge is 0.316 e. The molecule has 10 heavy (non-hydrogen) atoms. The monoisotopic (exact) mass is 142 g/mol. The predicted octanol–water partition coefficient (Wildman–Crippen LogP) is 0.762. The first-order chi connectivity index (χ1) is 4.77. The van der Waals surface area contributed by atoms with Crippen LogP contribution in [0.4, 0.5) is 0 Å². The molecule has 60 valence electrons. The van der Waals surface area contributed by atoms with Gasteiger partial charge in [-0.25, -0.2) is 0 Å². The Hall–Kier alpha value is -0.340. The summed E-state index contributed by atoms with van der Waals surface area (Å²) in [6.07, 6.45) is 0. The molecule has 0 fully saturated rings. The molecule has 2 heteroatoms. The van der Waals surface area contributed by atoms with Gasteiger partial charge in [0.25, 0.3) is 0 Å². The van der Waals surface area contributed by atoms with Crippen LogP contribution in [0.2, 0.25) is 0 Å². The molecular formula is C8H18N2. The number of nitrogens with one attached hydrogen (secondary N) is 2. The van der Waals surface area contributed by atoms with E-state index in [0.29, 0.717) is 0 Å². The van der Waals surface area contributed by atoms with Gasteiger partial charge in [0.1, 0.15) is 0 Å². The van der Waals surface area contributed by atoms with Gasteiger partial charge in [0, 0.05) is 19.6 Å². The maximum Gasteiger partial charge on any atom is 0.0159 e. The molecule has 0 heterocycles. The van der Waals surface area contributed by atoms with Gasteiger partial charge in [0.05, 0.1) is 0 Å². The first kappa shape index (κ1) is 9.66. The fraction of sp³-hybridized carbons (Fsp3) is 0.750. The van der Waals surface area contributed by atoms with Gasteiger partial charge in [-0.2, -0.15) is 0 Å². The Bertz CT molecular complexity index is 89.3. The highest BCUT2D eigenvalue weighted by Crippen LogP contribution is 1.79. The molecule has 0 spiro atoms. The molecule has 0 atom stereocenters. The lowest BCUT2D eigenvalue weighted by Crippen LogP contribution is -2.27. The normalized spacial score (nSPS) is 9.80.